The summed E-state index contributed by atoms with van der Waals surface area (Å²) in [5.41, 5.74) is -0.557. The van der Waals surface area contributed by atoms with E-state index in [4.69, 9.17) is 9.47 Å². The number of hydrogen-bond donors (Lipinski definition) is 1. The van der Waals surface area contributed by atoms with Gasteiger partial charge in [-0.25, -0.2) is 0 Å². The molecule has 1 saturated carbocycles. The van der Waals surface area contributed by atoms with Gasteiger partial charge in [-0.3, -0.25) is 9.59 Å². The van der Waals surface area contributed by atoms with E-state index in [1.165, 1.54) is 13.2 Å². The molecule has 0 bridgehead atoms. The van der Waals surface area contributed by atoms with Crippen LogP contribution in [-0.4, -0.2) is 55.7 Å². The molecule has 1 amide bonds. The van der Waals surface area contributed by atoms with Crippen molar-refractivity contribution >= 4 is 11.9 Å². The monoisotopic (exact) mass is 496 g/mol. The Morgan fingerprint density at radius 2 is 1.89 bits per heavy atom. The number of esters is 1. The van der Waals surface area contributed by atoms with E-state index in [9.17, 15) is 22.8 Å². The highest BCUT2D eigenvalue weighted by Crippen LogP contribution is 2.47. The average molecular weight is 497 g/mol. The number of hydrogen-bond acceptors (Lipinski definition) is 5. The first-order chi connectivity index (χ1) is 16.5. The van der Waals surface area contributed by atoms with E-state index in [-0.39, 0.29) is 31.0 Å². The van der Waals surface area contributed by atoms with Crippen LogP contribution in [0.15, 0.2) is 18.2 Å². The van der Waals surface area contributed by atoms with Crippen LogP contribution in [0.3, 0.4) is 0 Å². The van der Waals surface area contributed by atoms with E-state index < -0.39 is 29.0 Å². The summed E-state index contributed by atoms with van der Waals surface area (Å²) in [7, 11) is 1.26. The van der Waals surface area contributed by atoms with Crippen molar-refractivity contribution in [3.8, 4) is 0 Å². The Bertz CT molecular complexity index is 945. The van der Waals surface area contributed by atoms with Crippen LogP contribution in [-0.2, 0) is 31.8 Å². The maximum absolute atomic E-state index is 14.1. The van der Waals surface area contributed by atoms with Crippen molar-refractivity contribution in [1.82, 2.24) is 10.2 Å². The summed E-state index contributed by atoms with van der Waals surface area (Å²) in [5.74, 6) is -1.39. The zero-order chi connectivity index (χ0) is 25.4. The molecule has 9 heteroatoms. The number of carbonyl (C=O) groups excluding carboxylic acids is 2. The number of halogens is 3. The van der Waals surface area contributed by atoms with Crippen molar-refractivity contribution in [3.63, 3.8) is 0 Å². The van der Waals surface area contributed by atoms with Crippen LogP contribution in [0.1, 0.15) is 68.6 Å². The first-order valence-corrected chi connectivity index (χ1v) is 12.5. The topological polar surface area (TPSA) is 67.9 Å². The molecule has 3 aliphatic rings. The van der Waals surface area contributed by atoms with E-state index in [1.807, 2.05) is 13.8 Å². The number of ether oxygens (including phenoxy) is 2. The highest BCUT2D eigenvalue weighted by atomic mass is 19.4. The highest BCUT2D eigenvalue weighted by Gasteiger charge is 2.51. The Hall–Kier alpha value is -2.13. The Kier molecular flexibility index (Phi) is 7.48. The molecule has 4 rings (SSSR count). The molecule has 6 nitrogen and oxygen atoms in total. The van der Waals surface area contributed by atoms with Crippen LogP contribution in [0.25, 0.3) is 0 Å². The predicted molar refractivity (Wildman–Crippen MR) is 124 cm³/mol. The third-order valence-corrected chi connectivity index (χ3v) is 8.16. The van der Waals surface area contributed by atoms with E-state index in [1.54, 1.807) is 4.90 Å². The summed E-state index contributed by atoms with van der Waals surface area (Å²) in [5, 5.41) is 3.71. The second kappa shape index (κ2) is 10.1. The first-order valence-electron chi connectivity index (χ1n) is 12.5. The molecule has 0 spiro atoms. The molecule has 194 valence electrons. The van der Waals surface area contributed by atoms with Crippen LogP contribution in [0.5, 0.6) is 0 Å². The summed E-state index contributed by atoms with van der Waals surface area (Å²) in [6.45, 7) is 5.70. The first kappa shape index (κ1) is 25.9. The van der Waals surface area contributed by atoms with Gasteiger partial charge in [-0.15, -0.1) is 0 Å². The van der Waals surface area contributed by atoms with Gasteiger partial charge in [-0.2, -0.15) is 13.2 Å². The third kappa shape index (κ3) is 5.21. The normalized spacial score (nSPS) is 27.7. The summed E-state index contributed by atoms with van der Waals surface area (Å²) in [6, 6.07) is 3.99. The van der Waals surface area contributed by atoms with Gasteiger partial charge in [0.05, 0.1) is 24.0 Å². The quantitative estimate of drug-likeness (QED) is 0.617. The molecule has 1 N–H and O–H groups in total. The summed E-state index contributed by atoms with van der Waals surface area (Å²) in [4.78, 5) is 28.2. The molecule has 2 aliphatic heterocycles. The molecule has 35 heavy (non-hydrogen) atoms. The second-order valence-corrected chi connectivity index (χ2v) is 10.5. The molecule has 0 radical (unpaired) electrons. The predicted octanol–water partition coefficient (Wildman–Crippen LogP) is 4.27. The summed E-state index contributed by atoms with van der Waals surface area (Å²) < 4.78 is 50.6. The molecule has 1 aromatic rings. The largest absolute Gasteiger partial charge is 0.468 e. The number of carbonyl (C=O) groups is 2. The molecular weight excluding hydrogens is 461 g/mol. The van der Waals surface area contributed by atoms with E-state index in [0.29, 0.717) is 30.0 Å². The van der Waals surface area contributed by atoms with Gasteiger partial charge in [-0.05, 0) is 61.3 Å². The lowest BCUT2D eigenvalue weighted by atomic mass is 9.73. The fraction of sp³-hybridized carbons (Fsp3) is 0.692. The van der Waals surface area contributed by atoms with Gasteiger partial charge in [0.1, 0.15) is 0 Å². The number of fused-ring (bicyclic) bond motifs is 1. The van der Waals surface area contributed by atoms with E-state index in [2.05, 4.69) is 5.32 Å². The second-order valence-electron chi connectivity index (χ2n) is 10.5. The van der Waals surface area contributed by atoms with Crippen LogP contribution in [0, 0.1) is 11.3 Å². The molecule has 2 fully saturated rings. The van der Waals surface area contributed by atoms with Crippen molar-refractivity contribution in [2.24, 2.45) is 11.3 Å². The molecule has 1 aromatic carbocycles. The maximum atomic E-state index is 14.1. The zero-order valence-electron chi connectivity index (χ0n) is 20.6. The number of nitrogens with zero attached hydrogens (tertiary/aromatic N) is 1. The van der Waals surface area contributed by atoms with Crippen LogP contribution >= 0.6 is 0 Å². The van der Waals surface area contributed by atoms with Crippen LogP contribution < -0.4 is 5.32 Å². The van der Waals surface area contributed by atoms with Crippen molar-refractivity contribution in [2.45, 2.75) is 76.7 Å². The molecule has 1 saturated heterocycles. The van der Waals surface area contributed by atoms with Gasteiger partial charge in [0.15, 0.2) is 0 Å². The number of methoxy groups -OCH3 is 1. The number of alkyl halides is 3. The molecule has 1 unspecified atom stereocenters. The Morgan fingerprint density at radius 3 is 2.51 bits per heavy atom. The zero-order valence-corrected chi connectivity index (χ0v) is 20.6. The van der Waals surface area contributed by atoms with Gasteiger partial charge in [0.25, 0.3) is 0 Å². The van der Waals surface area contributed by atoms with Gasteiger partial charge in [0, 0.05) is 38.4 Å². The van der Waals surface area contributed by atoms with Gasteiger partial charge in [0.2, 0.25) is 5.91 Å². The van der Waals surface area contributed by atoms with Gasteiger partial charge >= 0.3 is 12.1 Å². The minimum Gasteiger partial charge on any atom is -0.468 e. The van der Waals surface area contributed by atoms with E-state index >= 15 is 0 Å². The average Bonchev–Trinajstić information content (AvgIpc) is 3.27. The van der Waals surface area contributed by atoms with Gasteiger partial charge in [-0.1, -0.05) is 19.9 Å². The molecule has 0 aromatic heterocycles. The minimum atomic E-state index is -4.50. The maximum Gasteiger partial charge on any atom is 0.416 e. The van der Waals surface area contributed by atoms with Crippen LogP contribution in [0.2, 0.25) is 0 Å². The minimum absolute atomic E-state index is 0.0518. The van der Waals surface area contributed by atoms with Crippen LogP contribution in [0.4, 0.5) is 13.2 Å². The lowest BCUT2D eigenvalue weighted by molar-refractivity contribution is -0.149. The van der Waals surface area contributed by atoms with Crippen molar-refractivity contribution in [2.75, 3.05) is 26.9 Å². The van der Waals surface area contributed by atoms with Crippen molar-refractivity contribution in [1.29, 1.82) is 0 Å². The number of benzene rings is 1. The summed E-state index contributed by atoms with van der Waals surface area (Å²) in [6.07, 6.45) is -0.357. The fourth-order valence-corrected chi connectivity index (χ4v) is 6.04. The molecule has 1 aliphatic carbocycles. The number of nitrogens with one attached hydrogen (secondary N) is 1. The standard InChI is InChI=1S/C26H35F3N2O4/c1-16(2)25(9-6-20(13-25)30-19-7-10-35-11-8-19)24(33)31-14-17-12-18(26(27,28)29)4-5-21(17)22(15-31)23(32)34-3/h4-5,12,16,19-20,22,30H,6-11,13-15H2,1-3H3/t20-,22?,25+/m1/s1. The Labute approximate surface area is 204 Å². The van der Waals surface area contributed by atoms with Gasteiger partial charge < -0.3 is 19.7 Å². The fourth-order valence-electron chi connectivity index (χ4n) is 6.04. The number of rotatable bonds is 5. The molecular formula is C26H35F3N2O4. The number of amides is 1. The Balaban J connectivity index is 1.59. The summed E-state index contributed by atoms with van der Waals surface area (Å²) >= 11 is 0. The lowest BCUT2D eigenvalue weighted by Gasteiger charge is -2.41. The molecule has 3 atom stereocenters. The van der Waals surface area contributed by atoms with Crippen molar-refractivity contribution < 1.29 is 32.2 Å². The van der Waals surface area contributed by atoms with Crippen molar-refractivity contribution in [3.05, 3.63) is 34.9 Å². The molecule has 2 heterocycles. The van der Waals surface area contributed by atoms with E-state index in [0.717, 1.165) is 44.6 Å². The highest BCUT2D eigenvalue weighted by molar-refractivity contribution is 5.86. The lowest BCUT2D eigenvalue weighted by Crippen LogP contribution is -2.50. The third-order valence-electron chi connectivity index (χ3n) is 8.16. The Morgan fingerprint density at radius 1 is 1.17 bits per heavy atom. The smallest absolute Gasteiger partial charge is 0.416 e. The SMILES string of the molecule is COC(=O)C1CN(C(=O)[C@@]2(C(C)C)CC[C@@H](NC3CCOCC3)C2)Cc2cc(C(F)(F)F)ccc21.